The molecule has 1 unspecified atom stereocenters. The van der Waals surface area contributed by atoms with E-state index in [2.05, 4.69) is 84.8 Å². The van der Waals surface area contributed by atoms with Crippen LogP contribution in [0.3, 0.4) is 0 Å². The molecule has 0 N–H and O–H groups in total. The maximum atomic E-state index is 6.26. The van der Waals surface area contributed by atoms with Gasteiger partial charge in [-0.05, 0) is 46.5 Å². The molecule has 0 aromatic heterocycles. The van der Waals surface area contributed by atoms with E-state index in [1.165, 1.54) is 83.2 Å². The molecule has 2 heterocycles. The average molecular weight is 487 g/mol. The van der Waals surface area contributed by atoms with Crippen LogP contribution in [0.2, 0.25) is 5.16 Å². The molecule has 0 aliphatic carbocycles. The van der Waals surface area contributed by atoms with Gasteiger partial charge in [0.15, 0.2) is 0 Å². The lowest BCUT2D eigenvalue weighted by molar-refractivity contribution is -0.0142. The number of hydrogen-bond acceptors (Lipinski definition) is 5. The predicted octanol–water partition coefficient (Wildman–Crippen LogP) is 2.58. The topological polar surface area (TPSA) is 22.2 Å². The first-order valence-electron chi connectivity index (χ1n) is 12.9. The van der Waals surface area contributed by atoms with E-state index in [4.69, 9.17) is 4.43 Å². The standard InChI is InChI=1S/C26H46N4OSi2/c1-26(2,3)31-33-25(32-23-11-7-6-8-12-23)14-10-9-13-24(29-19-15-27(4)16-20-29)30-21-17-28(5)18-22-30/h6-8,11-12,24-25H,9-10,13-22H2,1-5H3. The van der Waals surface area contributed by atoms with Crippen LogP contribution in [0.1, 0.15) is 46.5 Å². The highest BCUT2D eigenvalue weighted by Crippen LogP contribution is 2.21. The van der Waals surface area contributed by atoms with Gasteiger partial charge >= 0.3 is 0 Å². The lowest BCUT2D eigenvalue weighted by Gasteiger charge is -2.46. The van der Waals surface area contributed by atoms with E-state index in [0.29, 0.717) is 21.1 Å². The van der Waals surface area contributed by atoms with Gasteiger partial charge in [0.2, 0.25) is 9.76 Å². The van der Waals surface area contributed by atoms with Crippen LogP contribution in [-0.2, 0) is 4.43 Å². The molecule has 2 saturated heterocycles. The van der Waals surface area contributed by atoms with Crippen molar-refractivity contribution in [1.29, 1.82) is 0 Å². The molecule has 3 rings (SSSR count). The molecule has 1 atom stereocenters. The minimum absolute atomic E-state index is 0.0498. The van der Waals surface area contributed by atoms with Crippen molar-refractivity contribution >= 4 is 24.5 Å². The Morgan fingerprint density at radius 2 is 1.30 bits per heavy atom. The molecule has 7 heteroatoms. The van der Waals surface area contributed by atoms with Crippen LogP contribution in [0.5, 0.6) is 0 Å². The molecule has 2 aliphatic rings. The highest BCUT2D eigenvalue weighted by molar-refractivity contribution is 6.65. The molecular formula is C26H46N4OSi2. The van der Waals surface area contributed by atoms with E-state index in [1.54, 1.807) is 0 Å². The Labute approximate surface area is 208 Å². The van der Waals surface area contributed by atoms with E-state index < -0.39 is 0 Å². The smallest absolute Gasteiger partial charge is 0.230 e. The first-order valence-corrected chi connectivity index (χ1v) is 15.0. The number of nitrogens with zero attached hydrogens (tertiary/aromatic N) is 4. The molecule has 33 heavy (non-hydrogen) atoms. The Morgan fingerprint density at radius 3 is 1.82 bits per heavy atom. The summed E-state index contributed by atoms with van der Waals surface area (Å²) in [6.45, 7) is 16.2. The summed E-state index contributed by atoms with van der Waals surface area (Å²) in [4.78, 5) is 10.5. The molecule has 0 bridgehead atoms. The van der Waals surface area contributed by atoms with Crippen LogP contribution >= 0.6 is 0 Å². The lowest BCUT2D eigenvalue weighted by Crippen LogP contribution is -2.58. The third-order valence-electron chi connectivity index (χ3n) is 6.75. The van der Waals surface area contributed by atoms with Crippen molar-refractivity contribution in [2.75, 3.05) is 66.5 Å². The zero-order valence-electron chi connectivity index (χ0n) is 21.7. The molecule has 2 aliphatic heterocycles. The summed E-state index contributed by atoms with van der Waals surface area (Å²) in [6, 6.07) is 11.0. The third-order valence-corrected chi connectivity index (χ3v) is 10.1. The zero-order valence-corrected chi connectivity index (χ0v) is 23.7. The van der Waals surface area contributed by atoms with Crippen LogP contribution < -0.4 is 5.19 Å². The van der Waals surface area contributed by atoms with Crippen LogP contribution in [0.15, 0.2) is 30.3 Å². The third kappa shape index (κ3) is 9.92. The second kappa shape index (κ2) is 13.5. The molecule has 2 fully saturated rings. The number of likely N-dealkylation sites (N-methyl/N-ethyl adjacent to an activating group) is 2. The van der Waals surface area contributed by atoms with Crippen molar-refractivity contribution in [3.05, 3.63) is 30.3 Å². The zero-order chi connectivity index (χ0) is 23.7. The van der Waals surface area contributed by atoms with Crippen LogP contribution in [0.25, 0.3) is 0 Å². The van der Waals surface area contributed by atoms with Crippen molar-refractivity contribution in [2.45, 2.75) is 63.4 Å². The second-order valence-corrected chi connectivity index (χ2v) is 14.1. The number of benzene rings is 1. The Morgan fingerprint density at radius 1 is 0.788 bits per heavy atom. The molecule has 1 aromatic carbocycles. The Bertz CT molecular complexity index is 634. The van der Waals surface area contributed by atoms with E-state index in [0.717, 1.165) is 9.52 Å². The maximum Gasteiger partial charge on any atom is 0.230 e. The second-order valence-electron chi connectivity index (χ2n) is 10.8. The largest absolute Gasteiger partial charge is 0.413 e. The highest BCUT2D eigenvalue weighted by atomic mass is 28.3. The first-order chi connectivity index (χ1) is 15.8. The molecular weight excluding hydrogens is 440 g/mol. The van der Waals surface area contributed by atoms with Crippen molar-refractivity contribution in [3.63, 3.8) is 0 Å². The monoisotopic (exact) mass is 486 g/mol. The van der Waals surface area contributed by atoms with E-state index in [9.17, 15) is 0 Å². The van der Waals surface area contributed by atoms with Gasteiger partial charge in [-0.25, -0.2) is 0 Å². The van der Waals surface area contributed by atoms with Gasteiger partial charge in [0.05, 0.1) is 15.7 Å². The summed E-state index contributed by atoms with van der Waals surface area (Å²) in [7, 11) is 5.96. The first kappa shape index (κ1) is 27.0. The van der Waals surface area contributed by atoms with Gasteiger partial charge in [-0.15, -0.1) is 0 Å². The van der Waals surface area contributed by atoms with Crippen molar-refractivity contribution in [2.24, 2.45) is 0 Å². The summed E-state index contributed by atoms with van der Waals surface area (Å²) in [5, 5.41) is 2.12. The minimum atomic E-state index is -0.0498. The van der Waals surface area contributed by atoms with Crippen LogP contribution in [0.4, 0.5) is 0 Å². The van der Waals surface area contributed by atoms with E-state index in [-0.39, 0.29) is 5.60 Å². The van der Waals surface area contributed by atoms with Crippen molar-refractivity contribution in [3.8, 4) is 0 Å². The van der Waals surface area contributed by atoms with Crippen LogP contribution in [-0.4, -0.2) is 117 Å². The van der Waals surface area contributed by atoms with Gasteiger partial charge in [0, 0.05) is 58.0 Å². The normalized spacial score (nSPS) is 21.0. The molecule has 4 radical (unpaired) electrons. The number of hydrogen-bond donors (Lipinski definition) is 0. The SMILES string of the molecule is CN1CCN(C(CCCCC([Si]OC(C)(C)C)[Si]c2ccccc2)N2CCN(C)CC2)CC1. The number of unbranched alkanes of at least 4 members (excludes halogenated alkanes) is 1. The molecule has 0 spiro atoms. The summed E-state index contributed by atoms with van der Waals surface area (Å²) in [5.74, 6) is 0. The van der Waals surface area contributed by atoms with Gasteiger partial charge in [-0.1, -0.05) is 54.8 Å². The molecule has 0 amide bonds. The predicted molar refractivity (Wildman–Crippen MR) is 143 cm³/mol. The molecule has 184 valence electrons. The Balaban J connectivity index is 1.52. The summed E-state index contributed by atoms with van der Waals surface area (Å²) >= 11 is 0. The van der Waals surface area contributed by atoms with Crippen molar-refractivity contribution < 1.29 is 4.43 Å². The van der Waals surface area contributed by atoms with Gasteiger partial charge in [-0.3, -0.25) is 9.80 Å². The number of piperazine rings is 2. The Hall–Kier alpha value is -0.546. The lowest BCUT2D eigenvalue weighted by atomic mass is 10.1. The summed E-state index contributed by atoms with van der Waals surface area (Å²) in [5.41, 5.74) is -0.0498. The molecule has 1 aromatic rings. The molecule has 5 nitrogen and oxygen atoms in total. The van der Waals surface area contributed by atoms with E-state index in [1.807, 2.05) is 0 Å². The highest BCUT2D eigenvalue weighted by Gasteiger charge is 2.29. The van der Waals surface area contributed by atoms with Gasteiger partial charge < -0.3 is 14.2 Å². The van der Waals surface area contributed by atoms with E-state index >= 15 is 0 Å². The summed E-state index contributed by atoms with van der Waals surface area (Å²) < 4.78 is 6.26. The fraction of sp³-hybridized carbons (Fsp3) is 0.769. The molecule has 0 saturated carbocycles. The fourth-order valence-corrected chi connectivity index (χ4v) is 7.52. The van der Waals surface area contributed by atoms with Gasteiger partial charge in [0.25, 0.3) is 0 Å². The maximum absolute atomic E-state index is 6.26. The van der Waals surface area contributed by atoms with Gasteiger partial charge in [0.1, 0.15) is 0 Å². The number of rotatable bonds is 11. The van der Waals surface area contributed by atoms with Crippen LogP contribution in [0, 0.1) is 0 Å². The quantitative estimate of drug-likeness (QED) is 0.353. The fourth-order valence-electron chi connectivity index (χ4n) is 4.66. The minimum Gasteiger partial charge on any atom is -0.413 e. The summed E-state index contributed by atoms with van der Waals surface area (Å²) in [6.07, 6.45) is 5.83. The van der Waals surface area contributed by atoms with Crippen molar-refractivity contribution in [1.82, 2.24) is 19.6 Å². The Kier molecular flexibility index (Phi) is 11.1. The van der Waals surface area contributed by atoms with Gasteiger partial charge in [-0.2, -0.15) is 0 Å². The average Bonchev–Trinajstić information content (AvgIpc) is 2.79.